The van der Waals surface area contributed by atoms with Crippen LogP contribution in [0.25, 0.3) is 0 Å². The number of allylic oxidation sites excluding steroid dienone is 1. The SMILES string of the molecule is CCOC(=O)[C@H]1CC=C2C(=O)Oc3ccc(F)cc3[C@@H]21. The number of esters is 2. The molecule has 1 aliphatic carbocycles. The first-order valence-corrected chi connectivity index (χ1v) is 6.50. The van der Waals surface area contributed by atoms with E-state index in [1.54, 1.807) is 13.0 Å². The molecule has 104 valence electrons. The number of carbonyl (C=O) groups is 2. The second-order valence-electron chi connectivity index (χ2n) is 4.80. The molecule has 1 aromatic rings. The zero-order valence-electron chi connectivity index (χ0n) is 10.9. The molecule has 0 saturated heterocycles. The lowest BCUT2D eigenvalue weighted by atomic mass is 9.82. The topological polar surface area (TPSA) is 52.6 Å². The Balaban J connectivity index is 2.04. The molecule has 0 N–H and O–H groups in total. The van der Waals surface area contributed by atoms with E-state index in [4.69, 9.17) is 9.47 Å². The van der Waals surface area contributed by atoms with Gasteiger partial charge in [0.2, 0.25) is 0 Å². The summed E-state index contributed by atoms with van der Waals surface area (Å²) in [6.45, 7) is 2.00. The van der Waals surface area contributed by atoms with Crippen molar-refractivity contribution in [3.63, 3.8) is 0 Å². The Labute approximate surface area is 115 Å². The van der Waals surface area contributed by atoms with Crippen molar-refractivity contribution in [3.05, 3.63) is 41.2 Å². The Morgan fingerprint density at radius 3 is 3.05 bits per heavy atom. The van der Waals surface area contributed by atoms with Crippen LogP contribution in [0.1, 0.15) is 24.8 Å². The molecule has 2 atom stereocenters. The molecule has 3 rings (SSSR count). The quantitative estimate of drug-likeness (QED) is 0.614. The third kappa shape index (κ3) is 1.90. The van der Waals surface area contributed by atoms with E-state index in [-0.39, 0.29) is 12.6 Å². The predicted octanol–water partition coefficient (Wildman–Crippen LogP) is 2.34. The molecule has 1 aromatic carbocycles. The van der Waals surface area contributed by atoms with Crippen LogP contribution in [-0.4, -0.2) is 18.5 Å². The highest BCUT2D eigenvalue weighted by Crippen LogP contribution is 2.47. The van der Waals surface area contributed by atoms with E-state index in [9.17, 15) is 14.0 Å². The van der Waals surface area contributed by atoms with Crippen molar-refractivity contribution in [2.45, 2.75) is 19.3 Å². The molecule has 5 heteroatoms. The van der Waals surface area contributed by atoms with Gasteiger partial charge in [-0.25, -0.2) is 9.18 Å². The Kier molecular flexibility index (Phi) is 3.04. The highest BCUT2D eigenvalue weighted by molar-refractivity contribution is 5.97. The van der Waals surface area contributed by atoms with Gasteiger partial charge in [0.1, 0.15) is 11.6 Å². The zero-order chi connectivity index (χ0) is 14.3. The highest BCUT2D eigenvalue weighted by Gasteiger charge is 2.44. The summed E-state index contributed by atoms with van der Waals surface area (Å²) in [6.07, 6.45) is 2.09. The van der Waals surface area contributed by atoms with Crippen LogP contribution in [0, 0.1) is 11.7 Å². The van der Waals surface area contributed by atoms with E-state index in [2.05, 4.69) is 0 Å². The molecule has 4 nitrogen and oxygen atoms in total. The van der Waals surface area contributed by atoms with Crippen LogP contribution in [-0.2, 0) is 14.3 Å². The number of hydrogen-bond donors (Lipinski definition) is 0. The van der Waals surface area contributed by atoms with Crippen LogP contribution in [0.2, 0.25) is 0 Å². The van der Waals surface area contributed by atoms with E-state index in [1.165, 1.54) is 18.2 Å². The number of rotatable bonds is 2. The molecule has 0 aromatic heterocycles. The van der Waals surface area contributed by atoms with Gasteiger partial charge in [0.25, 0.3) is 0 Å². The second-order valence-corrected chi connectivity index (χ2v) is 4.80. The number of carbonyl (C=O) groups excluding carboxylic acids is 2. The zero-order valence-corrected chi connectivity index (χ0v) is 10.9. The first-order valence-electron chi connectivity index (χ1n) is 6.50. The summed E-state index contributed by atoms with van der Waals surface area (Å²) in [5.41, 5.74) is 0.951. The van der Waals surface area contributed by atoms with E-state index >= 15 is 0 Å². The Morgan fingerprint density at radius 1 is 1.50 bits per heavy atom. The van der Waals surface area contributed by atoms with Crippen LogP contribution in [0.3, 0.4) is 0 Å². The fraction of sp³-hybridized carbons (Fsp3) is 0.333. The van der Waals surface area contributed by atoms with Gasteiger partial charge in [-0.15, -0.1) is 0 Å². The van der Waals surface area contributed by atoms with Crippen LogP contribution in [0.5, 0.6) is 5.75 Å². The molecule has 1 heterocycles. The van der Waals surface area contributed by atoms with Crippen molar-refractivity contribution in [3.8, 4) is 5.75 Å². The smallest absolute Gasteiger partial charge is 0.339 e. The number of ether oxygens (including phenoxy) is 2. The predicted molar refractivity (Wildman–Crippen MR) is 67.6 cm³/mol. The highest BCUT2D eigenvalue weighted by atomic mass is 19.1. The molecular formula is C15H13FO4. The minimum atomic E-state index is -0.488. The van der Waals surface area contributed by atoms with Gasteiger partial charge in [-0.2, -0.15) is 0 Å². The molecule has 1 aliphatic heterocycles. The third-order valence-electron chi connectivity index (χ3n) is 3.66. The van der Waals surface area contributed by atoms with Crippen LogP contribution < -0.4 is 4.74 Å². The maximum atomic E-state index is 13.4. The van der Waals surface area contributed by atoms with Crippen LogP contribution >= 0.6 is 0 Å². The van der Waals surface area contributed by atoms with Crippen molar-refractivity contribution < 1.29 is 23.5 Å². The maximum absolute atomic E-state index is 13.4. The van der Waals surface area contributed by atoms with Gasteiger partial charge >= 0.3 is 11.9 Å². The van der Waals surface area contributed by atoms with E-state index < -0.39 is 23.6 Å². The maximum Gasteiger partial charge on any atom is 0.339 e. The molecule has 0 fully saturated rings. The van der Waals surface area contributed by atoms with Crippen molar-refractivity contribution in [2.75, 3.05) is 6.61 Å². The Hall–Kier alpha value is -2.17. The average molecular weight is 276 g/mol. The standard InChI is InChI=1S/C15H13FO4/c1-2-19-14(17)9-4-5-10-13(9)11-7-8(16)3-6-12(11)20-15(10)18/h3,5-7,9,13H,2,4H2,1H3/t9-,13+/m0/s1. The summed E-state index contributed by atoms with van der Waals surface area (Å²) < 4.78 is 23.6. The van der Waals surface area contributed by atoms with Gasteiger partial charge in [-0.3, -0.25) is 4.79 Å². The monoisotopic (exact) mass is 276 g/mol. The van der Waals surface area contributed by atoms with Gasteiger partial charge in [-0.05, 0) is 31.5 Å². The molecule has 0 spiro atoms. The van der Waals surface area contributed by atoms with Gasteiger partial charge < -0.3 is 9.47 Å². The van der Waals surface area contributed by atoms with Gasteiger partial charge in [0.15, 0.2) is 0 Å². The fourth-order valence-corrected chi connectivity index (χ4v) is 2.82. The second kappa shape index (κ2) is 4.74. The largest absolute Gasteiger partial charge is 0.466 e. The summed E-state index contributed by atoms with van der Waals surface area (Å²) in [4.78, 5) is 23.9. The minimum absolute atomic E-state index is 0.276. The van der Waals surface area contributed by atoms with E-state index in [0.717, 1.165) is 0 Å². The first-order chi connectivity index (χ1) is 9.61. The fourth-order valence-electron chi connectivity index (χ4n) is 2.82. The van der Waals surface area contributed by atoms with E-state index in [1.807, 2.05) is 0 Å². The molecule has 0 unspecified atom stereocenters. The summed E-state index contributed by atoms with van der Waals surface area (Å²) in [5, 5.41) is 0. The number of halogens is 1. The lowest BCUT2D eigenvalue weighted by Gasteiger charge is -2.27. The molecule has 0 amide bonds. The van der Waals surface area contributed by atoms with Gasteiger partial charge in [0, 0.05) is 17.1 Å². The summed E-state index contributed by atoms with van der Waals surface area (Å²) >= 11 is 0. The number of benzene rings is 1. The lowest BCUT2D eigenvalue weighted by molar-refractivity contribution is -0.148. The summed E-state index contributed by atoms with van der Waals surface area (Å²) in [6, 6.07) is 3.97. The summed E-state index contributed by atoms with van der Waals surface area (Å²) in [7, 11) is 0. The normalized spacial score (nSPS) is 23.5. The van der Waals surface area contributed by atoms with E-state index in [0.29, 0.717) is 23.3 Å². The minimum Gasteiger partial charge on any atom is -0.466 e. The van der Waals surface area contributed by atoms with Gasteiger partial charge in [-0.1, -0.05) is 6.08 Å². The molecule has 0 saturated carbocycles. The third-order valence-corrected chi connectivity index (χ3v) is 3.66. The van der Waals surface area contributed by atoms with Crippen molar-refractivity contribution in [1.29, 1.82) is 0 Å². The number of hydrogen-bond acceptors (Lipinski definition) is 4. The molecule has 20 heavy (non-hydrogen) atoms. The van der Waals surface area contributed by atoms with Crippen LogP contribution in [0.4, 0.5) is 4.39 Å². The molecular weight excluding hydrogens is 263 g/mol. The van der Waals surface area contributed by atoms with Crippen molar-refractivity contribution >= 4 is 11.9 Å². The lowest BCUT2D eigenvalue weighted by Crippen LogP contribution is -2.29. The average Bonchev–Trinajstić information content (AvgIpc) is 2.86. The Bertz CT molecular complexity index is 620. The van der Waals surface area contributed by atoms with Crippen molar-refractivity contribution in [1.82, 2.24) is 0 Å². The molecule has 0 bridgehead atoms. The summed E-state index contributed by atoms with van der Waals surface area (Å²) in [5.74, 6) is -1.90. The van der Waals surface area contributed by atoms with Crippen LogP contribution in [0.15, 0.2) is 29.8 Å². The molecule has 2 aliphatic rings. The molecule has 0 radical (unpaired) electrons. The van der Waals surface area contributed by atoms with Gasteiger partial charge in [0.05, 0.1) is 12.5 Å². The first kappa shape index (κ1) is 12.8. The number of fused-ring (bicyclic) bond motifs is 3. The Morgan fingerprint density at radius 2 is 2.30 bits per heavy atom. The van der Waals surface area contributed by atoms with Crippen molar-refractivity contribution in [2.24, 2.45) is 5.92 Å².